The smallest absolute Gasteiger partial charge is 0.249 e. The molecule has 0 saturated carbocycles. The van der Waals surface area contributed by atoms with Gasteiger partial charge < -0.3 is 28.7 Å². The third kappa shape index (κ3) is 5.24. The summed E-state index contributed by atoms with van der Waals surface area (Å²) in [6.07, 6.45) is 1.88. The molecule has 25 heavy (non-hydrogen) atoms. The maximum absolute atomic E-state index is 12.7. The second-order valence-corrected chi connectivity index (χ2v) is 7.10. The Kier molecular flexibility index (Phi) is 4.77. The van der Waals surface area contributed by atoms with Crippen LogP contribution in [0.3, 0.4) is 0 Å². The van der Waals surface area contributed by atoms with Gasteiger partial charge in [-0.1, -0.05) is 0 Å². The molecule has 0 bridgehead atoms. The zero-order valence-corrected chi connectivity index (χ0v) is 14.4. The first-order chi connectivity index (χ1) is 12.1. The lowest BCUT2D eigenvalue weighted by Gasteiger charge is -2.22. The molecule has 8 heteroatoms. The van der Waals surface area contributed by atoms with Crippen molar-refractivity contribution in [2.75, 3.05) is 52.6 Å². The highest BCUT2D eigenvalue weighted by molar-refractivity contribution is 6.00. The molecule has 4 saturated heterocycles. The summed E-state index contributed by atoms with van der Waals surface area (Å²) in [6.45, 7) is 6.63. The van der Waals surface area contributed by atoms with Crippen LogP contribution in [0.1, 0.15) is 6.92 Å². The number of epoxide rings is 4. The number of carbonyl (C=O) groups excluding carboxylic acids is 2. The summed E-state index contributed by atoms with van der Waals surface area (Å²) in [5.74, 6) is -0.299. The predicted molar refractivity (Wildman–Crippen MR) is 85.9 cm³/mol. The fourth-order valence-corrected chi connectivity index (χ4v) is 2.76. The number of rotatable bonds is 10. The predicted octanol–water partition coefficient (Wildman–Crippen LogP) is -0.815. The lowest BCUT2D eigenvalue weighted by molar-refractivity contribution is -0.129. The molecular weight excluding hydrogens is 328 g/mol. The highest BCUT2D eigenvalue weighted by Crippen LogP contribution is 2.19. The zero-order chi connectivity index (χ0) is 17.4. The highest BCUT2D eigenvalue weighted by atomic mass is 16.6. The zero-order valence-electron chi connectivity index (χ0n) is 14.4. The van der Waals surface area contributed by atoms with E-state index >= 15 is 0 Å². The summed E-state index contributed by atoms with van der Waals surface area (Å²) in [5.41, 5.74) is 0.435. The standard InChI is InChI=1S/C17H24N2O6/c1-11(17(21)19(5-14-9-24-14)6-15-10-25-15)2-16(20)18(3-12-7-22-12)4-13-8-23-13/h2,12-15H,3-10H2,1H3/b11-2-. The minimum Gasteiger partial charge on any atom is -0.371 e. The van der Waals surface area contributed by atoms with E-state index in [2.05, 4.69) is 0 Å². The van der Waals surface area contributed by atoms with Crippen molar-refractivity contribution in [3.63, 3.8) is 0 Å². The fraction of sp³-hybridized carbons (Fsp3) is 0.765. The summed E-state index contributed by atoms with van der Waals surface area (Å²) in [6, 6.07) is 0. The van der Waals surface area contributed by atoms with Crippen molar-refractivity contribution in [2.24, 2.45) is 0 Å². The second-order valence-electron chi connectivity index (χ2n) is 7.10. The van der Waals surface area contributed by atoms with Crippen molar-refractivity contribution in [1.29, 1.82) is 0 Å². The van der Waals surface area contributed by atoms with E-state index in [4.69, 9.17) is 18.9 Å². The van der Waals surface area contributed by atoms with Crippen LogP contribution in [0.5, 0.6) is 0 Å². The van der Waals surface area contributed by atoms with E-state index in [1.165, 1.54) is 6.08 Å². The Morgan fingerprint density at radius 3 is 1.52 bits per heavy atom. The Morgan fingerprint density at radius 2 is 1.16 bits per heavy atom. The van der Waals surface area contributed by atoms with E-state index < -0.39 is 0 Å². The molecule has 4 aliphatic heterocycles. The Balaban J connectivity index is 1.37. The van der Waals surface area contributed by atoms with Crippen LogP contribution in [0.15, 0.2) is 11.6 Å². The average Bonchev–Trinajstić information content (AvgIpc) is 3.44. The maximum Gasteiger partial charge on any atom is 0.249 e. The van der Waals surface area contributed by atoms with E-state index in [1.807, 2.05) is 0 Å². The van der Waals surface area contributed by atoms with Gasteiger partial charge in [0.05, 0.1) is 50.8 Å². The molecule has 4 rings (SSSR count). The summed E-state index contributed by atoms with van der Waals surface area (Å²) < 4.78 is 20.9. The van der Waals surface area contributed by atoms with Gasteiger partial charge in [-0.25, -0.2) is 0 Å². The number of nitrogens with zero attached hydrogens (tertiary/aromatic N) is 2. The molecule has 0 aromatic carbocycles. The van der Waals surface area contributed by atoms with Gasteiger partial charge in [-0.05, 0) is 6.92 Å². The quantitative estimate of drug-likeness (QED) is 0.377. The molecule has 0 aromatic rings. The number of carbonyl (C=O) groups is 2. The van der Waals surface area contributed by atoms with Crippen LogP contribution in [-0.2, 0) is 28.5 Å². The molecule has 0 radical (unpaired) electrons. The molecule has 0 aromatic heterocycles. The van der Waals surface area contributed by atoms with Gasteiger partial charge in [-0.2, -0.15) is 0 Å². The molecule has 0 spiro atoms. The van der Waals surface area contributed by atoms with Crippen molar-refractivity contribution < 1.29 is 28.5 Å². The topological polar surface area (TPSA) is 90.7 Å². The number of amides is 2. The van der Waals surface area contributed by atoms with Crippen molar-refractivity contribution >= 4 is 11.8 Å². The van der Waals surface area contributed by atoms with Gasteiger partial charge in [0, 0.05) is 37.8 Å². The van der Waals surface area contributed by atoms with Gasteiger partial charge in [0.2, 0.25) is 11.8 Å². The molecule has 4 heterocycles. The summed E-state index contributed by atoms with van der Waals surface area (Å²) in [7, 11) is 0. The lowest BCUT2D eigenvalue weighted by atomic mass is 10.2. The van der Waals surface area contributed by atoms with Crippen LogP contribution < -0.4 is 0 Å². The third-order valence-corrected chi connectivity index (χ3v) is 4.58. The number of hydrogen-bond donors (Lipinski definition) is 0. The Hall–Kier alpha value is -1.48. The molecule has 4 atom stereocenters. The van der Waals surface area contributed by atoms with Gasteiger partial charge in [-0.3, -0.25) is 9.59 Å². The van der Waals surface area contributed by atoms with E-state index in [0.29, 0.717) is 58.2 Å². The van der Waals surface area contributed by atoms with Crippen molar-refractivity contribution in [2.45, 2.75) is 31.3 Å². The minimum absolute atomic E-state index is 0.113. The second kappa shape index (κ2) is 7.03. The summed E-state index contributed by atoms with van der Waals surface area (Å²) in [5, 5.41) is 0. The van der Waals surface area contributed by atoms with Crippen LogP contribution in [0.25, 0.3) is 0 Å². The SMILES string of the molecule is C/C(=C/C(=O)N(CC1CO1)CC1CO1)C(=O)N(CC1CO1)CC1CO1. The molecule has 2 amide bonds. The van der Waals surface area contributed by atoms with E-state index in [9.17, 15) is 9.59 Å². The molecule has 8 nitrogen and oxygen atoms in total. The van der Waals surface area contributed by atoms with Gasteiger partial charge in [0.1, 0.15) is 0 Å². The van der Waals surface area contributed by atoms with E-state index in [0.717, 1.165) is 0 Å². The fourth-order valence-electron chi connectivity index (χ4n) is 2.76. The van der Waals surface area contributed by atoms with Crippen LogP contribution in [-0.4, -0.2) is 98.6 Å². The average molecular weight is 352 g/mol. The molecule has 0 aliphatic carbocycles. The molecule has 4 unspecified atom stereocenters. The van der Waals surface area contributed by atoms with Crippen LogP contribution in [0.2, 0.25) is 0 Å². The van der Waals surface area contributed by atoms with Crippen molar-refractivity contribution in [3.05, 3.63) is 11.6 Å². The first kappa shape index (κ1) is 17.0. The highest BCUT2D eigenvalue weighted by Gasteiger charge is 2.35. The Bertz CT molecular complexity index is 535. The molecule has 4 aliphatic rings. The maximum atomic E-state index is 12.7. The van der Waals surface area contributed by atoms with Gasteiger partial charge in [0.15, 0.2) is 0 Å². The van der Waals surface area contributed by atoms with Crippen molar-refractivity contribution in [3.8, 4) is 0 Å². The molecular formula is C17H24N2O6. The first-order valence-electron chi connectivity index (χ1n) is 8.81. The lowest BCUT2D eigenvalue weighted by Crippen LogP contribution is -2.39. The number of hydrogen-bond acceptors (Lipinski definition) is 6. The van der Waals surface area contributed by atoms with E-state index in [1.54, 1.807) is 16.7 Å². The van der Waals surface area contributed by atoms with Crippen molar-refractivity contribution in [1.82, 2.24) is 9.80 Å². The summed E-state index contributed by atoms with van der Waals surface area (Å²) >= 11 is 0. The number of ether oxygens (including phenoxy) is 4. The Morgan fingerprint density at radius 1 is 0.800 bits per heavy atom. The van der Waals surface area contributed by atoms with Gasteiger partial charge in [0.25, 0.3) is 0 Å². The molecule has 4 fully saturated rings. The third-order valence-electron chi connectivity index (χ3n) is 4.58. The molecule has 138 valence electrons. The monoisotopic (exact) mass is 352 g/mol. The van der Waals surface area contributed by atoms with Crippen LogP contribution in [0.4, 0.5) is 0 Å². The largest absolute Gasteiger partial charge is 0.371 e. The van der Waals surface area contributed by atoms with Crippen LogP contribution >= 0.6 is 0 Å². The van der Waals surface area contributed by atoms with Gasteiger partial charge >= 0.3 is 0 Å². The van der Waals surface area contributed by atoms with E-state index in [-0.39, 0.29) is 36.2 Å². The van der Waals surface area contributed by atoms with Crippen LogP contribution in [0, 0.1) is 0 Å². The first-order valence-corrected chi connectivity index (χ1v) is 8.81. The molecule has 0 N–H and O–H groups in total. The van der Waals surface area contributed by atoms with Gasteiger partial charge in [-0.15, -0.1) is 0 Å². The summed E-state index contributed by atoms with van der Waals surface area (Å²) in [4.78, 5) is 28.8. The minimum atomic E-state index is -0.165. The normalized spacial score (nSPS) is 32.1. The Labute approximate surface area is 146 Å².